The second kappa shape index (κ2) is 5.61. The minimum absolute atomic E-state index is 0.163. The van der Waals surface area contributed by atoms with E-state index in [1.165, 1.54) is 18.4 Å². The van der Waals surface area contributed by atoms with Gasteiger partial charge in [0, 0.05) is 9.89 Å². The second-order valence-corrected chi connectivity index (χ2v) is 8.40. The summed E-state index contributed by atoms with van der Waals surface area (Å²) in [6.45, 7) is 5.92. The molecule has 20 heavy (non-hydrogen) atoms. The normalized spacial score (nSPS) is 11.7. The molecule has 0 radical (unpaired) electrons. The number of carbonyl (C=O) groups is 1. The lowest BCUT2D eigenvalue weighted by Crippen LogP contribution is -2.17. The van der Waals surface area contributed by atoms with E-state index in [1.807, 2.05) is 26.8 Å². The molecular weight excluding hydrogens is 410 g/mol. The van der Waals surface area contributed by atoms with Gasteiger partial charge < -0.3 is 9.15 Å². The molecule has 0 aromatic carbocycles. The Morgan fingerprint density at radius 1 is 1.40 bits per heavy atom. The van der Waals surface area contributed by atoms with E-state index in [0.717, 1.165) is 13.1 Å². The fraction of sp³-hybridized carbons (Fsp3) is 0.385. The standard InChI is InChI=1S/C13H13Br2NO3S/c1-13(2,3)9-8(12(17)18-4)19-11(16-9)7-5-6(14)10(15)20-7/h5H,1-4H3. The third-order valence-corrected chi connectivity index (χ3v) is 5.81. The van der Waals surface area contributed by atoms with Gasteiger partial charge in [0.2, 0.25) is 11.7 Å². The smallest absolute Gasteiger partial charge is 0.376 e. The van der Waals surface area contributed by atoms with Crippen LogP contribution in [0.4, 0.5) is 0 Å². The first-order valence-electron chi connectivity index (χ1n) is 5.79. The van der Waals surface area contributed by atoms with Crippen molar-refractivity contribution in [2.24, 2.45) is 0 Å². The fourth-order valence-corrected chi connectivity index (χ4v) is 3.58. The van der Waals surface area contributed by atoms with Gasteiger partial charge in [-0.05, 0) is 37.9 Å². The van der Waals surface area contributed by atoms with E-state index < -0.39 is 5.97 Å². The molecule has 0 saturated carbocycles. The van der Waals surface area contributed by atoms with Gasteiger partial charge in [-0.2, -0.15) is 0 Å². The summed E-state index contributed by atoms with van der Waals surface area (Å²) >= 11 is 8.34. The lowest BCUT2D eigenvalue weighted by Gasteiger charge is -2.15. The monoisotopic (exact) mass is 421 g/mol. The molecule has 0 spiro atoms. The van der Waals surface area contributed by atoms with Gasteiger partial charge in [-0.3, -0.25) is 0 Å². The van der Waals surface area contributed by atoms with Crippen LogP contribution in [0.1, 0.15) is 37.0 Å². The number of halogens is 2. The Balaban J connectivity index is 2.57. The van der Waals surface area contributed by atoms with Crippen LogP contribution in [0.15, 0.2) is 18.7 Å². The summed E-state index contributed by atoms with van der Waals surface area (Å²) in [5.41, 5.74) is 0.289. The van der Waals surface area contributed by atoms with E-state index in [4.69, 9.17) is 9.15 Å². The van der Waals surface area contributed by atoms with Gasteiger partial charge in [0.15, 0.2) is 0 Å². The zero-order valence-corrected chi connectivity index (χ0v) is 15.4. The van der Waals surface area contributed by atoms with Crippen molar-refractivity contribution >= 4 is 49.2 Å². The molecule has 0 aliphatic rings. The Morgan fingerprint density at radius 3 is 2.50 bits per heavy atom. The van der Waals surface area contributed by atoms with Crippen LogP contribution >= 0.6 is 43.2 Å². The Kier molecular flexibility index (Phi) is 4.41. The summed E-state index contributed by atoms with van der Waals surface area (Å²) in [5.74, 6) is 0.0748. The van der Waals surface area contributed by atoms with Crippen LogP contribution in [0, 0.1) is 0 Å². The van der Waals surface area contributed by atoms with Crippen LogP contribution in [0.5, 0.6) is 0 Å². The highest BCUT2D eigenvalue weighted by Gasteiger charge is 2.30. The Labute approximate surface area is 137 Å². The molecule has 0 N–H and O–H groups in total. The minimum atomic E-state index is -0.511. The number of hydrogen-bond acceptors (Lipinski definition) is 5. The molecule has 2 aromatic heterocycles. The Morgan fingerprint density at radius 2 is 2.05 bits per heavy atom. The SMILES string of the molecule is COC(=O)c1oc(-c2cc(Br)c(Br)s2)nc1C(C)(C)C. The van der Waals surface area contributed by atoms with Crippen molar-refractivity contribution in [2.75, 3.05) is 7.11 Å². The van der Waals surface area contributed by atoms with Crippen molar-refractivity contribution < 1.29 is 13.9 Å². The quantitative estimate of drug-likeness (QED) is 0.638. The van der Waals surface area contributed by atoms with E-state index in [9.17, 15) is 4.79 Å². The van der Waals surface area contributed by atoms with Crippen molar-refractivity contribution in [1.82, 2.24) is 4.98 Å². The highest BCUT2D eigenvalue weighted by Crippen LogP contribution is 2.39. The van der Waals surface area contributed by atoms with E-state index in [-0.39, 0.29) is 11.2 Å². The summed E-state index contributed by atoms with van der Waals surface area (Å²) in [6.07, 6.45) is 0. The average Bonchev–Trinajstić information content (AvgIpc) is 2.93. The summed E-state index contributed by atoms with van der Waals surface area (Å²) in [5, 5.41) is 0. The minimum Gasteiger partial charge on any atom is -0.463 e. The predicted octanol–water partition coefficient (Wildman–Crippen LogP) is 5.01. The third-order valence-electron chi connectivity index (χ3n) is 2.56. The number of nitrogens with zero attached hydrogens (tertiary/aromatic N) is 1. The molecule has 0 unspecified atom stereocenters. The van der Waals surface area contributed by atoms with Crippen molar-refractivity contribution in [3.8, 4) is 10.8 Å². The molecule has 4 nitrogen and oxygen atoms in total. The number of thiophene rings is 1. The summed E-state index contributed by atoms with van der Waals surface area (Å²) in [7, 11) is 1.33. The van der Waals surface area contributed by atoms with Crippen LogP contribution in [0.3, 0.4) is 0 Å². The van der Waals surface area contributed by atoms with Gasteiger partial charge in [0.25, 0.3) is 0 Å². The van der Waals surface area contributed by atoms with Gasteiger partial charge in [-0.1, -0.05) is 20.8 Å². The molecule has 7 heteroatoms. The molecular formula is C13H13Br2NO3S. The number of carbonyl (C=O) groups excluding carboxylic acids is 1. The van der Waals surface area contributed by atoms with Gasteiger partial charge in [0.1, 0.15) is 5.69 Å². The van der Waals surface area contributed by atoms with Crippen LogP contribution in [0.25, 0.3) is 10.8 Å². The lowest BCUT2D eigenvalue weighted by atomic mass is 9.91. The second-order valence-electron chi connectivity index (χ2n) is 5.17. The van der Waals surface area contributed by atoms with Crippen molar-refractivity contribution in [3.63, 3.8) is 0 Å². The van der Waals surface area contributed by atoms with Crippen LogP contribution in [-0.4, -0.2) is 18.1 Å². The summed E-state index contributed by atoms with van der Waals surface area (Å²) < 4.78 is 12.3. The molecule has 2 aromatic rings. The molecule has 0 amide bonds. The number of aromatic nitrogens is 1. The molecule has 0 aliphatic heterocycles. The number of ether oxygens (including phenoxy) is 1. The van der Waals surface area contributed by atoms with Crippen LogP contribution in [-0.2, 0) is 10.2 Å². The lowest BCUT2D eigenvalue weighted by molar-refractivity contribution is 0.0562. The van der Waals surface area contributed by atoms with Crippen molar-refractivity contribution in [1.29, 1.82) is 0 Å². The molecule has 108 valence electrons. The first-order valence-corrected chi connectivity index (χ1v) is 8.19. The molecule has 0 saturated heterocycles. The van der Waals surface area contributed by atoms with Gasteiger partial charge >= 0.3 is 5.97 Å². The number of hydrogen-bond donors (Lipinski definition) is 0. The number of rotatable bonds is 2. The molecule has 0 aliphatic carbocycles. The average molecular weight is 423 g/mol. The summed E-state index contributed by atoms with van der Waals surface area (Å²) in [4.78, 5) is 17.1. The first kappa shape index (κ1) is 15.7. The molecule has 2 heterocycles. The first-order chi connectivity index (χ1) is 9.24. The summed E-state index contributed by atoms with van der Waals surface area (Å²) in [6, 6.07) is 1.90. The van der Waals surface area contributed by atoms with Crippen molar-refractivity contribution in [2.45, 2.75) is 26.2 Å². The number of esters is 1. The zero-order chi connectivity index (χ0) is 15.1. The van der Waals surface area contributed by atoms with Crippen LogP contribution in [0.2, 0.25) is 0 Å². The van der Waals surface area contributed by atoms with E-state index >= 15 is 0 Å². The number of methoxy groups -OCH3 is 1. The maximum Gasteiger partial charge on any atom is 0.376 e. The predicted molar refractivity (Wildman–Crippen MR) is 85.3 cm³/mol. The third kappa shape index (κ3) is 2.99. The topological polar surface area (TPSA) is 52.3 Å². The highest BCUT2D eigenvalue weighted by atomic mass is 79.9. The zero-order valence-electron chi connectivity index (χ0n) is 11.4. The largest absolute Gasteiger partial charge is 0.463 e. The van der Waals surface area contributed by atoms with Gasteiger partial charge in [-0.25, -0.2) is 9.78 Å². The molecule has 2 rings (SSSR count). The Hall–Kier alpha value is -0.660. The molecule has 0 bridgehead atoms. The van der Waals surface area contributed by atoms with E-state index in [2.05, 4.69) is 36.8 Å². The number of oxazole rings is 1. The highest BCUT2D eigenvalue weighted by molar-refractivity contribution is 9.13. The molecule has 0 fully saturated rings. The fourth-order valence-electron chi connectivity index (χ4n) is 1.62. The molecule has 0 atom stereocenters. The van der Waals surface area contributed by atoms with Crippen molar-refractivity contribution in [3.05, 3.63) is 25.8 Å². The Bertz CT molecular complexity index is 636. The van der Waals surface area contributed by atoms with Crippen LogP contribution < -0.4 is 0 Å². The van der Waals surface area contributed by atoms with E-state index in [0.29, 0.717) is 11.6 Å². The maximum absolute atomic E-state index is 11.8. The van der Waals surface area contributed by atoms with Gasteiger partial charge in [0.05, 0.1) is 15.8 Å². The maximum atomic E-state index is 11.8. The van der Waals surface area contributed by atoms with E-state index in [1.54, 1.807) is 0 Å². The van der Waals surface area contributed by atoms with Gasteiger partial charge in [-0.15, -0.1) is 11.3 Å².